The molecule has 182 valence electrons. The van der Waals surface area contributed by atoms with Gasteiger partial charge < -0.3 is 19.3 Å². The van der Waals surface area contributed by atoms with Gasteiger partial charge in [-0.3, -0.25) is 9.59 Å². The summed E-state index contributed by atoms with van der Waals surface area (Å²) in [5, 5.41) is 2.02. The van der Waals surface area contributed by atoms with Crippen LogP contribution < -0.4 is 9.47 Å². The number of fused-ring (bicyclic) bond motifs is 1. The number of rotatable bonds is 10. The summed E-state index contributed by atoms with van der Waals surface area (Å²) >= 11 is 1.63. The van der Waals surface area contributed by atoms with E-state index in [0.717, 1.165) is 34.6 Å². The van der Waals surface area contributed by atoms with Crippen LogP contribution in [0.2, 0.25) is 0 Å². The molecule has 0 N–H and O–H groups in total. The zero-order valence-electron chi connectivity index (χ0n) is 19.9. The third-order valence-electron chi connectivity index (χ3n) is 6.57. The zero-order chi connectivity index (χ0) is 24.2. The highest BCUT2D eigenvalue weighted by Gasteiger charge is 2.37. The molecule has 1 fully saturated rings. The van der Waals surface area contributed by atoms with Gasteiger partial charge in [-0.15, -0.1) is 11.3 Å². The lowest BCUT2D eigenvalue weighted by molar-refractivity contribution is -0.142. The summed E-state index contributed by atoms with van der Waals surface area (Å²) in [6.07, 6.45) is 2.62. The Morgan fingerprint density at radius 3 is 2.51 bits per heavy atom. The molecule has 1 atom stereocenters. The van der Waals surface area contributed by atoms with Crippen LogP contribution in [0.3, 0.4) is 0 Å². The standard InChI is InChI=1S/C28H30N2O4S/c1-2-24(21-7-4-3-5-8-21)28(32)30(22-11-12-22)18-27(31)29(17-23-9-6-14-35-23)16-20-10-13-25-26(15-20)34-19-33-25/h3-10,13-15,22,24H,2,11-12,16-19H2,1H3. The zero-order valence-corrected chi connectivity index (χ0v) is 20.7. The van der Waals surface area contributed by atoms with Crippen molar-refractivity contribution in [2.45, 2.75) is 51.2 Å². The van der Waals surface area contributed by atoms with Crippen molar-refractivity contribution >= 4 is 23.2 Å². The number of ether oxygens (including phenoxy) is 2. The van der Waals surface area contributed by atoms with Gasteiger partial charge in [0.25, 0.3) is 0 Å². The van der Waals surface area contributed by atoms with Gasteiger partial charge in [0, 0.05) is 17.5 Å². The number of carbonyl (C=O) groups excluding carboxylic acids is 2. The average Bonchev–Trinajstić information content (AvgIpc) is 3.37. The average molecular weight is 491 g/mol. The van der Waals surface area contributed by atoms with Crippen molar-refractivity contribution in [3.05, 3.63) is 82.0 Å². The van der Waals surface area contributed by atoms with Crippen LogP contribution in [0.5, 0.6) is 11.5 Å². The fourth-order valence-electron chi connectivity index (χ4n) is 4.54. The molecule has 1 unspecified atom stereocenters. The Morgan fingerprint density at radius 2 is 1.80 bits per heavy atom. The summed E-state index contributed by atoms with van der Waals surface area (Å²) in [6.45, 7) is 3.30. The summed E-state index contributed by atoms with van der Waals surface area (Å²) < 4.78 is 11.0. The molecule has 0 saturated heterocycles. The van der Waals surface area contributed by atoms with Gasteiger partial charge in [-0.05, 0) is 54.0 Å². The van der Waals surface area contributed by atoms with Crippen molar-refractivity contribution in [3.8, 4) is 11.5 Å². The summed E-state index contributed by atoms with van der Waals surface area (Å²) in [5.41, 5.74) is 1.98. The Balaban J connectivity index is 1.35. The molecule has 1 saturated carbocycles. The minimum absolute atomic E-state index is 0.0424. The third kappa shape index (κ3) is 5.51. The van der Waals surface area contributed by atoms with Crippen molar-refractivity contribution in [2.24, 2.45) is 0 Å². The van der Waals surface area contributed by atoms with Crippen LogP contribution in [0.4, 0.5) is 0 Å². The minimum Gasteiger partial charge on any atom is -0.454 e. The normalized spacial score (nSPS) is 15.0. The minimum atomic E-state index is -0.232. The highest BCUT2D eigenvalue weighted by molar-refractivity contribution is 7.09. The van der Waals surface area contributed by atoms with E-state index in [1.54, 1.807) is 11.3 Å². The number of hydrogen-bond acceptors (Lipinski definition) is 5. The Labute approximate surface area is 210 Å². The van der Waals surface area contributed by atoms with E-state index >= 15 is 0 Å². The Kier molecular flexibility index (Phi) is 7.04. The van der Waals surface area contributed by atoms with Crippen LogP contribution in [0.1, 0.15) is 48.1 Å². The number of hydrogen-bond donors (Lipinski definition) is 0. The maximum absolute atomic E-state index is 13.7. The van der Waals surface area contributed by atoms with E-state index in [4.69, 9.17) is 9.47 Å². The number of benzene rings is 2. The lowest BCUT2D eigenvalue weighted by Gasteiger charge is -2.30. The Morgan fingerprint density at radius 1 is 1.00 bits per heavy atom. The SMILES string of the molecule is CCC(C(=O)N(CC(=O)N(Cc1ccc2c(c1)OCO2)Cc1cccs1)C1CC1)c1ccccc1. The molecule has 6 nitrogen and oxygen atoms in total. The summed E-state index contributed by atoms with van der Waals surface area (Å²) in [4.78, 5) is 32.1. The highest BCUT2D eigenvalue weighted by atomic mass is 32.1. The van der Waals surface area contributed by atoms with E-state index in [0.29, 0.717) is 25.3 Å². The van der Waals surface area contributed by atoms with E-state index < -0.39 is 0 Å². The molecule has 0 bridgehead atoms. The first kappa shape index (κ1) is 23.4. The summed E-state index contributed by atoms with van der Waals surface area (Å²) in [7, 11) is 0. The molecule has 1 aliphatic carbocycles. The van der Waals surface area contributed by atoms with Crippen LogP contribution in [-0.4, -0.2) is 41.0 Å². The molecular formula is C28H30N2O4S. The van der Waals surface area contributed by atoms with E-state index in [9.17, 15) is 9.59 Å². The molecule has 2 heterocycles. The fraction of sp³-hybridized carbons (Fsp3) is 0.357. The van der Waals surface area contributed by atoms with E-state index in [-0.39, 0.29) is 37.1 Å². The molecule has 2 aromatic carbocycles. The first-order valence-corrected chi connectivity index (χ1v) is 13.0. The lowest BCUT2D eigenvalue weighted by Crippen LogP contribution is -2.45. The maximum atomic E-state index is 13.7. The Hall–Kier alpha value is -3.32. The summed E-state index contributed by atoms with van der Waals surface area (Å²) in [6, 6.07) is 19.9. The molecule has 1 aliphatic heterocycles. The van der Waals surface area contributed by atoms with Gasteiger partial charge in [0.2, 0.25) is 18.6 Å². The molecule has 7 heteroatoms. The molecular weight excluding hydrogens is 460 g/mol. The van der Waals surface area contributed by atoms with Crippen LogP contribution in [-0.2, 0) is 22.7 Å². The molecule has 0 spiro atoms. The molecule has 5 rings (SSSR count). The lowest BCUT2D eigenvalue weighted by atomic mass is 9.95. The fourth-order valence-corrected chi connectivity index (χ4v) is 5.26. The first-order valence-electron chi connectivity index (χ1n) is 12.2. The predicted molar refractivity (Wildman–Crippen MR) is 135 cm³/mol. The molecule has 3 aromatic rings. The molecule has 1 aromatic heterocycles. The van der Waals surface area contributed by atoms with Gasteiger partial charge in [0.15, 0.2) is 11.5 Å². The van der Waals surface area contributed by atoms with Crippen LogP contribution in [0, 0.1) is 0 Å². The second-order valence-electron chi connectivity index (χ2n) is 9.09. The van der Waals surface area contributed by atoms with E-state index in [2.05, 4.69) is 0 Å². The third-order valence-corrected chi connectivity index (χ3v) is 7.44. The molecule has 0 radical (unpaired) electrons. The van der Waals surface area contributed by atoms with Crippen molar-refractivity contribution in [2.75, 3.05) is 13.3 Å². The van der Waals surface area contributed by atoms with Crippen LogP contribution >= 0.6 is 11.3 Å². The predicted octanol–water partition coefficient (Wildman–Crippen LogP) is 5.19. The van der Waals surface area contributed by atoms with Gasteiger partial charge in [-0.1, -0.05) is 49.4 Å². The van der Waals surface area contributed by atoms with Gasteiger partial charge in [0.1, 0.15) is 6.54 Å². The van der Waals surface area contributed by atoms with Crippen molar-refractivity contribution in [1.82, 2.24) is 9.80 Å². The second-order valence-corrected chi connectivity index (χ2v) is 10.1. The molecule has 2 amide bonds. The number of carbonyl (C=O) groups is 2. The number of amides is 2. The van der Waals surface area contributed by atoms with Crippen molar-refractivity contribution < 1.29 is 19.1 Å². The maximum Gasteiger partial charge on any atom is 0.242 e. The second kappa shape index (κ2) is 10.5. The van der Waals surface area contributed by atoms with Gasteiger partial charge in [-0.25, -0.2) is 0 Å². The monoisotopic (exact) mass is 490 g/mol. The van der Waals surface area contributed by atoms with Crippen molar-refractivity contribution in [3.63, 3.8) is 0 Å². The van der Waals surface area contributed by atoms with Gasteiger partial charge in [0.05, 0.1) is 12.5 Å². The molecule has 2 aliphatic rings. The largest absolute Gasteiger partial charge is 0.454 e. The van der Waals surface area contributed by atoms with Gasteiger partial charge in [-0.2, -0.15) is 0 Å². The van der Waals surface area contributed by atoms with E-state index in [1.807, 2.05) is 82.8 Å². The Bertz CT molecular complexity index is 1160. The smallest absolute Gasteiger partial charge is 0.242 e. The molecule has 35 heavy (non-hydrogen) atoms. The van der Waals surface area contributed by atoms with Crippen molar-refractivity contribution in [1.29, 1.82) is 0 Å². The highest BCUT2D eigenvalue weighted by Crippen LogP contribution is 2.34. The van der Waals surface area contributed by atoms with Gasteiger partial charge >= 0.3 is 0 Å². The van der Waals surface area contributed by atoms with Crippen LogP contribution in [0.25, 0.3) is 0 Å². The topological polar surface area (TPSA) is 59.1 Å². The quantitative estimate of drug-likeness (QED) is 0.392. The number of thiophene rings is 1. The summed E-state index contributed by atoms with van der Waals surface area (Å²) in [5.74, 6) is 1.20. The van der Waals surface area contributed by atoms with Crippen LogP contribution in [0.15, 0.2) is 66.0 Å². The van der Waals surface area contributed by atoms with E-state index in [1.165, 1.54) is 0 Å². The number of nitrogens with zero attached hydrogens (tertiary/aromatic N) is 2. The first-order chi connectivity index (χ1) is 17.1.